The first-order valence-electron chi connectivity index (χ1n) is 8.08. The average molecular weight is 320 g/mol. The minimum absolute atomic E-state index is 0.227. The van der Waals surface area contributed by atoms with Gasteiger partial charge in [-0.3, -0.25) is 4.90 Å². The quantitative estimate of drug-likeness (QED) is 0.574. The van der Waals surface area contributed by atoms with Crippen LogP contribution in [0.3, 0.4) is 0 Å². The Hall–Kier alpha value is 0.314. The molecule has 0 bridgehead atoms. The van der Waals surface area contributed by atoms with Crippen LogP contribution in [-0.4, -0.2) is 54.2 Å². The van der Waals surface area contributed by atoms with Crippen LogP contribution in [0.15, 0.2) is 0 Å². The lowest BCUT2D eigenvalue weighted by atomic mass is 10.1. The van der Waals surface area contributed by atoms with Gasteiger partial charge in [-0.05, 0) is 40.3 Å². The van der Waals surface area contributed by atoms with Crippen LogP contribution in [0.5, 0.6) is 0 Å². The van der Waals surface area contributed by atoms with Gasteiger partial charge in [0.2, 0.25) is 0 Å². The van der Waals surface area contributed by atoms with Crippen molar-refractivity contribution in [1.82, 2.24) is 4.90 Å². The molecule has 0 saturated heterocycles. The molecule has 1 unspecified atom stereocenters. The highest BCUT2D eigenvalue weighted by atomic mass is 28.4. The Morgan fingerprint density at radius 1 is 1.15 bits per heavy atom. The summed E-state index contributed by atoms with van der Waals surface area (Å²) in [6.07, 6.45) is 3.46. The first kappa shape index (κ1) is 20.3. The fraction of sp³-hybridized carbons (Fsp3) is 1.00. The SMILES string of the molecule is CCCCN(CC[Si](C)(OC)OC[SiH](C)C)C(C)(C)C. The van der Waals surface area contributed by atoms with Gasteiger partial charge in [0.1, 0.15) is 0 Å². The molecule has 1 atom stereocenters. The lowest BCUT2D eigenvalue weighted by molar-refractivity contribution is 0.134. The van der Waals surface area contributed by atoms with E-state index in [-0.39, 0.29) is 5.54 Å². The van der Waals surface area contributed by atoms with E-state index in [0.717, 1.165) is 18.8 Å². The van der Waals surface area contributed by atoms with E-state index in [2.05, 4.69) is 52.2 Å². The van der Waals surface area contributed by atoms with E-state index in [1.54, 1.807) is 0 Å². The maximum Gasteiger partial charge on any atom is 0.335 e. The molecule has 0 aromatic carbocycles. The molecule has 0 aromatic rings. The van der Waals surface area contributed by atoms with Gasteiger partial charge < -0.3 is 8.85 Å². The number of nitrogens with zero attached hydrogens (tertiary/aromatic N) is 1. The molecule has 3 nitrogen and oxygen atoms in total. The van der Waals surface area contributed by atoms with Crippen LogP contribution in [0.4, 0.5) is 0 Å². The molecule has 0 amide bonds. The Kier molecular flexibility index (Phi) is 9.50. The van der Waals surface area contributed by atoms with Gasteiger partial charge in [-0.25, -0.2) is 0 Å². The highest BCUT2D eigenvalue weighted by Crippen LogP contribution is 2.19. The maximum atomic E-state index is 6.16. The third kappa shape index (κ3) is 8.57. The Bertz CT molecular complexity index is 257. The molecule has 0 N–H and O–H groups in total. The fourth-order valence-corrected chi connectivity index (χ4v) is 5.93. The minimum atomic E-state index is -1.97. The number of unbranched alkanes of at least 4 members (excludes halogenated alkanes) is 1. The second-order valence-corrected chi connectivity index (χ2v) is 13.9. The molecule has 0 aliphatic carbocycles. The maximum absolute atomic E-state index is 6.16. The second-order valence-electron chi connectivity index (χ2n) is 7.30. The van der Waals surface area contributed by atoms with E-state index in [0.29, 0.717) is 0 Å². The van der Waals surface area contributed by atoms with E-state index in [1.807, 2.05) is 7.11 Å². The first-order valence-corrected chi connectivity index (χ1v) is 13.7. The van der Waals surface area contributed by atoms with Crippen LogP contribution in [0.1, 0.15) is 40.5 Å². The van der Waals surface area contributed by atoms with E-state index < -0.39 is 17.4 Å². The summed E-state index contributed by atoms with van der Waals surface area (Å²) in [6, 6.07) is 1.06. The molecule has 0 radical (unpaired) electrons. The molecule has 0 rings (SSSR count). The third-order valence-electron chi connectivity index (χ3n) is 3.72. The van der Waals surface area contributed by atoms with Gasteiger partial charge in [0.25, 0.3) is 0 Å². The topological polar surface area (TPSA) is 21.7 Å². The van der Waals surface area contributed by atoms with Crippen LogP contribution in [-0.2, 0) is 8.85 Å². The number of hydrogen-bond acceptors (Lipinski definition) is 3. The van der Waals surface area contributed by atoms with Gasteiger partial charge in [-0.15, -0.1) is 0 Å². The van der Waals surface area contributed by atoms with Crippen molar-refractivity contribution in [1.29, 1.82) is 0 Å². The summed E-state index contributed by atoms with van der Waals surface area (Å²) in [5.74, 6) is 0. The molecule has 20 heavy (non-hydrogen) atoms. The zero-order valence-corrected chi connectivity index (χ0v) is 17.2. The normalized spacial score (nSPS) is 15.9. The number of rotatable bonds is 10. The van der Waals surface area contributed by atoms with Gasteiger partial charge in [0, 0.05) is 31.5 Å². The molecule has 0 fully saturated rings. The van der Waals surface area contributed by atoms with Gasteiger partial charge >= 0.3 is 8.56 Å². The lowest BCUT2D eigenvalue weighted by Gasteiger charge is -2.37. The molecule has 0 saturated carbocycles. The second kappa shape index (κ2) is 9.36. The van der Waals surface area contributed by atoms with Gasteiger partial charge in [0.15, 0.2) is 0 Å². The van der Waals surface area contributed by atoms with E-state index >= 15 is 0 Å². The van der Waals surface area contributed by atoms with Crippen molar-refractivity contribution < 1.29 is 8.85 Å². The Labute approximate surface area is 129 Å². The van der Waals surface area contributed by atoms with Gasteiger partial charge in [0.05, 0.1) is 8.80 Å². The van der Waals surface area contributed by atoms with Crippen molar-refractivity contribution in [2.24, 2.45) is 0 Å². The predicted octanol–water partition coefficient (Wildman–Crippen LogP) is 3.65. The standard InChI is InChI=1S/C15H37NO2Si2/c1-9-10-11-16(15(2,3)4)12-13-20(8,17-5)18-14-19(6)7/h19H,9-14H2,1-8H3. The Balaban J connectivity index is 4.47. The summed E-state index contributed by atoms with van der Waals surface area (Å²) in [4.78, 5) is 2.58. The van der Waals surface area contributed by atoms with E-state index in [1.165, 1.54) is 19.4 Å². The molecular weight excluding hydrogens is 282 g/mol. The summed E-state index contributed by atoms with van der Waals surface area (Å²) >= 11 is 0. The molecule has 0 aliphatic heterocycles. The Morgan fingerprint density at radius 2 is 1.75 bits per heavy atom. The zero-order valence-electron chi connectivity index (χ0n) is 15.1. The zero-order chi connectivity index (χ0) is 15.8. The summed E-state index contributed by atoms with van der Waals surface area (Å²) in [6.45, 7) is 18.3. The van der Waals surface area contributed by atoms with Crippen LogP contribution in [0, 0.1) is 0 Å². The monoisotopic (exact) mass is 319 g/mol. The summed E-state index contributed by atoms with van der Waals surface area (Å²) in [5.41, 5.74) is 0.227. The van der Waals surface area contributed by atoms with Crippen LogP contribution >= 0.6 is 0 Å². The predicted molar refractivity (Wildman–Crippen MR) is 94.5 cm³/mol. The minimum Gasteiger partial charge on any atom is -0.398 e. The summed E-state index contributed by atoms with van der Waals surface area (Å²) in [7, 11) is -0.820. The van der Waals surface area contributed by atoms with E-state index in [9.17, 15) is 0 Å². The highest BCUT2D eigenvalue weighted by Gasteiger charge is 2.32. The smallest absolute Gasteiger partial charge is 0.335 e. The number of hydrogen-bond donors (Lipinski definition) is 0. The average Bonchev–Trinajstić information content (AvgIpc) is 2.35. The fourth-order valence-electron chi connectivity index (χ4n) is 2.05. The summed E-state index contributed by atoms with van der Waals surface area (Å²) < 4.78 is 11.9. The van der Waals surface area contributed by atoms with E-state index in [4.69, 9.17) is 8.85 Å². The summed E-state index contributed by atoms with van der Waals surface area (Å²) in [5, 5.41) is 0. The van der Waals surface area contributed by atoms with Crippen molar-refractivity contribution >= 4 is 17.4 Å². The molecule has 0 heterocycles. The van der Waals surface area contributed by atoms with Crippen LogP contribution in [0.25, 0.3) is 0 Å². The third-order valence-corrected chi connectivity index (χ3v) is 7.66. The molecule has 122 valence electrons. The van der Waals surface area contributed by atoms with Crippen molar-refractivity contribution in [3.8, 4) is 0 Å². The molecule has 5 heteroatoms. The molecular formula is C15H37NO2Si2. The van der Waals surface area contributed by atoms with Crippen LogP contribution in [0.2, 0.25) is 25.7 Å². The van der Waals surface area contributed by atoms with Gasteiger partial charge in [-0.2, -0.15) is 0 Å². The highest BCUT2D eigenvalue weighted by molar-refractivity contribution is 6.67. The first-order chi connectivity index (χ1) is 9.14. The molecule has 0 aromatic heterocycles. The van der Waals surface area contributed by atoms with Crippen LogP contribution < -0.4 is 0 Å². The Morgan fingerprint density at radius 3 is 2.15 bits per heavy atom. The van der Waals surface area contributed by atoms with Gasteiger partial charge in [-0.1, -0.05) is 26.4 Å². The van der Waals surface area contributed by atoms with Crippen molar-refractivity contribution in [2.75, 3.05) is 26.4 Å². The largest absolute Gasteiger partial charge is 0.398 e. The molecule has 0 aliphatic rings. The van der Waals surface area contributed by atoms with Crippen molar-refractivity contribution in [2.45, 2.75) is 71.8 Å². The molecule has 0 spiro atoms. The van der Waals surface area contributed by atoms with Crippen molar-refractivity contribution in [3.05, 3.63) is 0 Å². The lowest BCUT2D eigenvalue weighted by Crippen LogP contribution is -2.47. The van der Waals surface area contributed by atoms with Crippen molar-refractivity contribution in [3.63, 3.8) is 0 Å².